The van der Waals surface area contributed by atoms with Crippen molar-refractivity contribution in [2.75, 3.05) is 5.75 Å². The third-order valence-electron chi connectivity index (χ3n) is 5.31. The lowest BCUT2D eigenvalue weighted by atomic mass is 10.0. The highest BCUT2D eigenvalue weighted by Gasteiger charge is 2.53. The number of non-ortho nitro benzene ring substituents is 1. The number of nitrogens with one attached hydrogen (secondary N) is 1. The predicted octanol–water partition coefficient (Wildman–Crippen LogP) is 1.62. The zero-order valence-corrected chi connectivity index (χ0v) is 18.1. The molecule has 33 heavy (non-hydrogen) atoms. The molecule has 2 unspecified atom stereocenters. The number of esters is 1. The topological polar surface area (TPSA) is 145 Å². The Balaban J connectivity index is 1.35. The van der Waals surface area contributed by atoms with Gasteiger partial charge in [-0.15, -0.1) is 11.8 Å². The first-order valence-corrected chi connectivity index (χ1v) is 11.1. The van der Waals surface area contributed by atoms with Crippen molar-refractivity contribution in [2.24, 2.45) is 5.73 Å². The molecule has 2 aromatic carbocycles. The van der Waals surface area contributed by atoms with Gasteiger partial charge in [-0.05, 0) is 29.3 Å². The molecule has 2 amide bonds. The third kappa shape index (κ3) is 4.59. The van der Waals surface area contributed by atoms with Crippen molar-refractivity contribution >= 4 is 35.2 Å². The molecule has 0 aliphatic carbocycles. The van der Waals surface area contributed by atoms with Gasteiger partial charge < -0.3 is 15.8 Å². The Kier molecular flexibility index (Phi) is 6.43. The molecule has 2 aromatic rings. The number of β-lactam (4-membered cyclic amide) rings is 1. The number of amides is 2. The summed E-state index contributed by atoms with van der Waals surface area (Å²) in [6.07, 6.45) is 1.60. The summed E-state index contributed by atoms with van der Waals surface area (Å²) in [5, 5.41) is 13.0. The summed E-state index contributed by atoms with van der Waals surface area (Å²) in [4.78, 5) is 49.4. The molecule has 0 bridgehead atoms. The monoisotopic (exact) mass is 468 g/mol. The van der Waals surface area contributed by atoms with Gasteiger partial charge in [0, 0.05) is 17.9 Å². The second-order valence-electron chi connectivity index (χ2n) is 7.40. The summed E-state index contributed by atoms with van der Waals surface area (Å²) in [7, 11) is 0. The van der Waals surface area contributed by atoms with Gasteiger partial charge >= 0.3 is 5.97 Å². The van der Waals surface area contributed by atoms with Gasteiger partial charge in [0.15, 0.2) is 0 Å². The van der Waals surface area contributed by atoms with E-state index in [4.69, 9.17) is 10.5 Å². The van der Waals surface area contributed by atoms with E-state index in [1.165, 1.54) is 40.9 Å². The number of fused-ring (bicyclic) bond motifs is 1. The number of benzene rings is 2. The van der Waals surface area contributed by atoms with Gasteiger partial charge in [0.05, 0.1) is 4.92 Å². The Morgan fingerprint density at radius 2 is 1.91 bits per heavy atom. The molecular formula is C22H20N4O6S. The maximum absolute atomic E-state index is 12.7. The van der Waals surface area contributed by atoms with E-state index in [2.05, 4.69) is 5.32 Å². The van der Waals surface area contributed by atoms with Crippen LogP contribution >= 0.6 is 11.8 Å². The average Bonchev–Trinajstić information content (AvgIpc) is 2.85. The number of thioether (sulfide) groups is 1. The Morgan fingerprint density at radius 1 is 1.21 bits per heavy atom. The van der Waals surface area contributed by atoms with E-state index in [-0.39, 0.29) is 18.0 Å². The molecule has 1 fully saturated rings. The first kappa shape index (κ1) is 22.5. The first-order chi connectivity index (χ1) is 15.9. The molecule has 0 saturated carbocycles. The average molecular weight is 468 g/mol. The van der Waals surface area contributed by atoms with E-state index in [1.54, 1.807) is 30.3 Å². The minimum Gasteiger partial charge on any atom is -0.456 e. The number of nitrogens with zero attached hydrogens (tertiary/aromatic N) is 2. The molecule has 1 saturated heterocycles. The zero-order valence-electron chi connectivity index (χ0n) is 17.2. The maximum Gasteiger partial charge on any atom is 0.355 e. The van der Waals surface area contributed by atoms with Crippen LogP contribution < -0.4 is 11.1 Å². The van der Waals surface area contributed by atoms with Gasteiger partial charge in [0.2, 0.25) is 5.91 Å². The van der Waals surface area contributed by atoms with Gasteiger partial charge in [-0.2, -0.15) is 0 Å². The molecular weight excluding hydrogens is 448 g/mol. The molecule has 10 nitrogen and oxygen atoms in total. The molecule has 2 heterocycles. The molecule has 11 heteroatoms. The SMILES string of the molecule is NC(C(=O)NC1C(=O)N2C(C(=O)OCc3ccc([N+](=O)[O-])cc3)=CCS[C@@H]12)c1ccccc1. The number of nitro groups is 1. The van der Waals surface area contributed by atoms with Gasteiger partial charge in [0.1, 0.15) is 29.8 Å². The Morgan fingerprint density at radius 3 is 2.58 bits per heavy atom. The lowest BCUT2D eigenvalue weighted by molar-refractivity contribution is -0.384. The smallest absolute Gasteiger partial charge is 0.355 e. The van der Waals surface area contributed by atoms with Crippen molar-refractivity contribution in [3.05, 3.63) is 87.6 Å². The van der Waals surface area contributed by atoms with Crippen molar-refractivity contribution in [2.45, 2.75) is 24.1 Å². The normalized spacial score (nSPS) is 20.1. The minimum absolute atomic E-state index is 0.0637. The number of ether oxygens (including phenoxy) is 1. The quantitative estimate of drug-likeness (QED) is 0.270. The molecule has 0 aromatic heterocycles. The first-order valence-electron chi connectivity index (χ1n) is 10.0. The molecule has 170 valence electrons. The Labute approximate surface area is 192 Å². The maximum atomic E-state index is 12.7. The molecule has 4 rings (SSSR count). The van der Waals surface area contributed by atoms with Crippen LogP contribution in [0.5, 0.6) is 0 Å². The van der Waals surface area contributed by atoms with Crippen LogP contribution in [0.4, 0.5) is 5.69 Å². The van der Waals surface area contributed by atoms with E-state index in [0.717, 1.165) is 0 Å². The van der Waals surface area contributed by atoms with Gasteiger partial charge in [-0.25, -0.2) is 4.79 Å². The molecule has 2 aliphatic rings. The van der Waals surface area contributed by atoms with E-state index in [1.807, 2.05) is 6.07 Å². The summed E-state index contributed by atoms with van der Waals surface area (Å²) in [6, 6.07) is 12.8. The van der Waals surface area contributed by atoms with Gasteiger partial charge in [0.25, 0.3) is 11.6 Å². The zero-order chi connectivity index (χ0) is 23.5. The number of carbonyl (C=O) groups is 3. The van der Waals surface area contributed by atoms with E-state index in [0.29, 0.717) is 16.9 Å². The number of nitrogens with two attached hydrogens (primary N) is 1. The van der Waals surface area contributed by atoms with Crippen LogP contribution in [0.3, 0.4) is 0 Å². The summed E-state index contributed by atoms with van der Waals surface area (Å²) in [5.74, 6) is -1.11. The van der Waals surface area contributed by atoms with Crippen LogP contribution in [0, 0.1) is 10.1 Å². The fraction of sp³-hybridized carbons (Fsp3) is 0.227. The van der Waals surface area contributed by atoms with E-state index in [9.17, 15) is 24.5 Å². The summed E-state index contributed by atoms with van der Waals surface area (Å²) >= 11 is 1.42. The second kappa shape index (κ2) is 9.43. The van der Waals surface area contributed by atoms with E-state index < -0.39 is 40.2 Å². The Hall–Kier alpha value is -3.70. The van der Waals surface area contributed by atoms with E-state index >= 15 is 0 Å². The summed E-state index contributed by atoms with van der Waals surface area (Å²) in [5.41, 5.74) is 7.26. The van der Waals surface area contributed by atoms with Crippen LogP contribution in [0.1, 0.15) is 17.2 Å². The molecule has 3 N–H and O–H groups in total. The van der Waals surface area contributed by atoms with Gasteiger partial charge in [-0.3, -0.25) is 24.6 Å². The van der Waals surface area contributed by atoms with Crippen LogP contribution in [0.15, 0.2) is 66.4 Å². The van der Waals surface area contributed by atoms with Crippen molar-refractivity contribution in [3.8, 4) is 0 Å². The number of carbonyl (C=O) groups excluding carboxylic acids is 3. The number of nitro benzene ring substituents is 1. The minimum atomic E-state index is -0.914. The predicted molar refractivity (Wildman–Crippen MR) is 119 cm³/mol. The summed E-state index contributed by atoms with van der Waals surface area (Å²) in [6.45, 7) is -0.0971. The summed E-state index contributed by atoms with van der Waals surface area (Å²) < 4.78 is 5.29. The largest absolute Gasteiger partial charge is 0.456 e. The lowest BCUT2D eigenvalue weighted by Gasteiger charge is -2.48. The third-order valence-corrected chi connectivity index (χ3v) is 6.50. The second-order valence-corrected chi connectivity index (χ2v) is 8.55. The van der Waals surface area contributed by atoms with Crippen LogP contribution in [-0.4, -0.2) is 44.8 Å². The highest BCUT2D eigenvalue weighted by atomic mass is 32.2. The van der Waals surface area contributed by atoms with Crippen LogP contribution in [0.2, 0.25) is 0 Å². The highest BCUT2D eigenvalue weighted by Crippen LogP contribution is 2.38. The van der Waals surface area contributed by atoms with Crippen LogP contribution in [0.25, 0.3) is 0 Å². The highest BCUT2D eigenvalue weighted by molar-refractivity contribution is 8.00. The Bertz CT molecular complexity index is 1120. The molecule has 2 aliphatic heterocycles. The molecule has 0 radical (unpaired) electrons. The van der Waals surface area contributed by atoms with Crippen molar-refractivity contribution in [3.63, 3.8) is 0 Å². The lowest BCUT2D eigenvalue weighted by Crippen LogP contribution is -2.70. The fourth-order valence-electron chi connectivity index (χ4n) is 3.52. The molecule has 3 atom stereocenters. The number of rotatable bonds is 7. The van der Waals surface area contributed by atoms with Crippen molar-refractivity contribution in [1.29, 1.82) is 0 Å². The van der Waals surface area contributed by atoms with Crippen LogP contribution in [-0.2, 0) is 25.7 Å². The van der Waals surface area contributed by atoms with Crippen molar-refractivity contribution in [1.82, 2.24) is 10.2 Å². The van der Waals surface area contributed by atoms with Gasteiger partial charge in [-0.1, -0.05) is 30.3 Å². The number of hydrogen-bond donors (Lipinski definition) is 2. The standard InChI is InChI=1S/C22H20N4O6S/c23-17(14-4-2-1-3-5-14)19(27)24-18-20(28)25-16(10-11-33-21(18)25)22(29)32-12-13-6-8-15(9-7-13)26(30)31/h1-10,17-18,21H,11-12,23H2,(H,24,27)/t17?,18?,21-/m0/s1. The van der Waals surface area contributed by atoms with Crippen molar-refractivity contribution < 1.29 is 24.0 Å². The molecule has 0 spiro atoms. The number of hydrogen-bond acceptors (Lipinski definition) is 8. The fourth-order valence-corrected chi connectivity index (χ4v) is 4.72.